The van der Waals surface area contributed by atoms with Crippen LogP contribution >= 0.6 is 11.6 Å². The molecule has 0 aliphatic heterocycles. The third-order valence-corrected chi connectivity index (χ3v) is 5.14. The largest absolute Gasteiger partial charge is 0.361 e. The highest BCUT2D eigenvalue weighted by molar-refractivity contribution is 6.31. The molecule has 0 radical (unpaired) electrons. The van der Waals surface area contributed by atoms with Crippen molar-refractivity contribution < 1.29 is 9.18 Å². The zero-order chi connectivity index (χ0) is 21.6. The van der Waals surface area contributed by atoms with E-state index in [1.54, 1.807) is 30.3 Å². The normalized spacial score (nSPS) is 10.6. The number of nitrogens with one attached hydrogen (secondary N) is 1. The summed E-state index contributed by atoms with van der Waals surface area (Å²) >= 11 is 6.06. The van der Waals surface area contributed by atoms with E-state index in [-0.39, 0.29) is 5.82 Å². The molecule has 1 amide bonds. The predicted octanol–water partition coefficient (Wildman–Crippen LogP) is 5.91. The van der Waals surface area contributed by atoms with Crippen LogP contribution < -0.4 is 4.91 Å². The molecule has 0 aliphatic carbocycles. The van der Waals surface area contributed by atoms with Gasteiger partial charge in [-0.3, -0.25) is 4.79 Å². The van der Waals surface area contributed by atoms with Crippen molar-refractivity contribution in [3.63, 3.8) is 0 Å². The van der Waals surface area contributed by atoms with Crippen LogP contribution in [-0.2, 0) is 12.8 Å². The monoisotopic (exact) mass is 433 g/mol. The average Bonchev–Trinajstić information content (AvgIpc) is 3.17. The van der Waals surface area contributed by atoms with Crippen LogP contribution in [0.1, 0.15) is 27.0 Å². The van der Waals surface area contributed by atoms with Gasteiger partial charge in [-0.05, 0) is 65.6 Å². The van der Waals surface area contributed by atoms with Crippen LogP contribution in [0.2, 0.25) is 5.02 Å². The molecular weight excluding hydrogens is 415 g/mol. The zero-order valence-corrected chi connectivity index (χ0v) is 17.3. The summed E-state index contributed by atoms with van der Waals surface area (Å²) in [6.45, 7) is 0.404. The molecule has 0 aliphatic rings. The van der Waals surface area contributed by atoms with E-state index in [0.29, 0.717) is 30.0 Å². The van der Waals surface area contributed by atoms with Gasteiger partial charge >= 0.3 is 5.91 Å². The van der Waals surface area contributed by atoms with Gasteiger partial charge in [-0.2, -0.15) is 0 Å². The summed E-state index contributed by atoms with van der Waals surface area (Å²) in [6, 6.07) is 19.1. The Hall–Kier alpha value is -3.60. The molecule has 0 saturated heterocycles. The Bertz CT molecular complexity index is 1290. The van der Waals surface area contributed by atoms with Crippen LogP contribution in [0.3, 0.4) is 0 Å². The van der Waals surface area contributed by atoms with Crippen LogP contribution in [0, 0.1) is 5.82 Å². The Morgan fingerprint density at radius 3 is 2.71 bits per heavy atom. The average molecular weight is 434 g/mol. The minimum Gasteiger partial charge on any atom is -0.361 e. The predicted molar refractivity (Wildman–Crippen MR) is 119 cm³/mol. The maximum absolute atomic E-state index is 13.1. The van der Waals surface area contributed by atoms with Gasteiger partial charge in [0.2, 0.25) is 10.0 Å². The van der Waals surface area contributed by atoms with Crippen LogP contribution in [0.15, 0.2) is 83.2 Å². The van der Waals surface area contributed by atoms with E-state index in [1.807, 2.05) is 30.5 Å². The van der Waals surface area contributed by atoms with Gasteiger partial charge < -0.3 is 4.98 Å². The van der Waals surface area contributed by atoms with Crippen molar-refractivity contribution in [3.05, 3.63) is 106 Å². The van der Waals surface area contributed by atoms with E-state index in [2.05, 4.69) is 20.1 Å². The van der Waals surface area contributed by atoms with Crippen LogP contribution in [0.5, 0.6) is 0 Å². The minimum atomic E-state index is -0.455. The molecule has 1 N–H and O–H groups in total. The van der Waals surface area contributed by atoms with Crippen molar-refractivity contribution in [2.24, 2.45) is 10.2 Å². The molecule has 0 fully saturated rings. The first-order chi connectivity index (χ1) is 15.1. The molecule has 4 aromatic rings. The van der Waals surface area contributed by atoms with Gasteiger partial charge in [0.15, 0.2) is 0 Å². The summed E-state index contributed by atoms with van der Waals surface area (Å²) in [5.41, 5.74) is 4.42. The summed E-state index contributed by atoms with van der Waals surface area (Å²) in [6.07, 6.45) is 3.17. The Balaban J connectivity index is 1.37. The van der Waals surface area contributed by atoms with Crippen molar-refractivity contribution in [2.45, 2.75) is 12.8 Å². The maximum atomic E-state index is 13.1. The number of rotatable bonds is 6. The second-order valence-electron chi connectivity index (χ2n) is 7.12. The van der Waals surface area contributed by atoms with Gasteiger partial charge in [-0.25, -0.2) is 4.39 Å². The number of nitrogens with zero attached hydrogens (tertiary/aromatic N) is 3. The number of carbonyl (C=O) groups excluding carboxylic acids is 1. The molecule has 1 heterocycles. The van der Waals surface area contributed by atoms with Gasteiger partial charge in [-0.15, -0.1) is 0 Å². The molecule has 0 saturated carbocycles. The smallest absolute Gasteiger partial charge is 0.360 e. The van der Waals surface area contributed by atoms with E-state index in [0.717, 1.165) is 27.6 Å². The molecule has 4 rings (SSSR count). The number of halogens is 2. The summed E-state index contributed by atoms with van der Waals surface area (Å²) in [7, 11) is 0. The molecular formula is C24H19ClFN4O+. The topological polar surface area (TPSA) is 71.7 Å². The fraction of sp³-hybridized carbons (Fsp3) is 0.125. The van der Waals surface area contributed by atoms with Crippen molar-refractivity contribution in [1.29, 1.82) is 0 Å². The molecule has 1 aromatic heterocycles. The second-order valence-corrected chi connectivity index (χ2v) is 7.55. The van der Waals surface area contributed by atoms with Gasteiger partial charge in [0.1, 0.15) is 17.5 Å². The van der Waals surface area contributed by atoms with Crippen LogP contribution in [0.25, 0.3) is 10.9 Å². The summed E-state index contributed by atoms with van der Waals surface area (Å²) < 4.78 is 13.1. The number of hydrogen-bond acceptors (Lipinski definition) is 2. The first-order valence-corrected chi connectivity index (χ1v) is 10.2. The molecule has 31 heavy (non-hydrogen) atoms. The molecule has 0 bridgehead atoms. The Morgan fingerprint density at radius 2 is 1.87 bits per heavy atom. The van der Waals surface area contributed by atoms with E-state index >= 15 is 0 Å². The first-order valence-electron chi connectivity index (χ1n) is 9.79. The van der Waals surface area contributed by atoms with Gasteiger partial charge in [0.25, 0.3) is 0 Å². The van der Waals surface area contributed by atoms with Crippen molar-refractivity contribution in [1.82, 2.24) is 9.90 Å². The number of fused-ring (bicyclic) bond motifs is 1. The van der Waals surface area contributed by atoms with Crippen LogP contribution in [-0.4, -0.2) is 17.4 Å². The highest BCUT2D eigenvalue weighted by Crippen LogP contribution is 2.22. The van der Waals surface area contributed by atoms with Gasteiger partial charge in [-0.1, -0.05) is 35.9 Å². The number of amides is 1. The highest BCUT2D eigenvalue weighted by atomic mass is 35.5. The lowest BCUT2D eigenvalue weighted by Gasteiger charge is -2.02. The Morgan fingerprint density at radius 1 is 1.03 bits per heavy atom. The Labute approximate surface area is 183 Å². The first kappa shape index (κ1) is 20.7. The molecule has 7 heteroatoms. The summed E-state index contributed by atoms with van der Waals surface area (Å²) in [4.78, 5) is 19.2. The van der Waals surface area contributed by atoms with E-state index in [4.69, 9.17) is 11.6 Å². The number of H-pyrrole nitrogens is 1. The second kappa shape index (κ2) is 9.47. The van der Waals surface area contributed by atoms with E-state index < -0.39 is 5.91 Å². The number of benzene rings is 3. The zero-order valence-electron chi connectivity index (χ0n) is 16.6. The highest BCUT2D eigenvalue weighted by Gasteiger charge is 2.11. The number of aromatic nitrogens is 1. The molecule has 0 spiro atoms. The third kappa shape index (κ3) is 5.31. The third-order valence-electron chi connectivity index (χ3n) is 4.90. The quantitative estimate of drug-likeness (QED) is 0.298. The van der Waals surface area contributed by atoms with Gasteiger partial charge in [0, 0.05) is 34.1 Å². The lowest BCUT2D eigenvalue weighted by molar-refractivity contribution is 0.0992. The fourth-order valence-electron chi connectivity index (χ4n) is 3.35. The van der Waals surface area contributed by atoms with Crippen molar-refractivity contribution >= 4 is 28.4 Å². The van der Waals surface area contributed by atoms with E-state index in [1.165, 1.54) is 12.1 Å². The van der Waals surface area contributed by atoms with Gasteiger partial charge in [0.05, 0.1) is 0 Å². The molecule has 154 valence electrons. The lowest BCUT2D eigenvalue weighted by atomic mass is 10.0. The maximum Gasteiger partial charge on any atom is 0.360 e. The number of hydrogen-bond donors (Lipinski definition) is 1. The lowest BCUT2D eigenvalue weighted by Crippen LogP contribution is -1.97. The molecule has 3 aromatic carbocycles. The van der Waals surface area contributed by atoms with E-state index in [9.17, 15) is 9.18 Å². The number of aromatic amines is 1. The fourth-order valence-corrected chi connectivity index (χ4v) is 3.53. The summed E-state index contributed by atoms with van der Waals surface area (Å²) in [5.74, 6) is -0.728. The standard InChI is InChI=1S/C24H18ClFN4O/c25-20-6-9-23-22(14-20)19(15-27-23)10-11-28-30-29-24(31)18-3-1-2-17(13-18)12-16-4-7-21(26)8-5-16/h1-9,13-15H,10-12H2/p+1. The molecule has 5 nitrogen and oxygen atoms in total. The van der Waals surface area contributed by atoms with Crippen molar-refractivity contribution in [3.8, 4) is 0 Å². The molecule has 0 unspecified atom stereocenters. The Kier molecular flexibility index (Phi) is 6.32. The molecule has 0 atom stereocenters. The van der Waals surface area contributed by atoms with Crippen molar-refractivity contribution in [2.75, 3.05) is 6.54 Å². The minimum absolute atomic E-state index is 0.273. The van der Waals surface area contributed by atoms with Crippen LogP contribution in [0.4, 0.5) is 4.39 Å². The SMILES string of the molecule is O=C(N=[N+]=NCCc1c[nH]c2ccc(Cl)cc12)c1cccc(Cc2ccc(F)cc2)c1. The number of carbonyl (C=O) groups is 1. The summed E-state index contributed by atoms with van der Waals surface area (Å²) in [5, 5.41) is 9.41.